The molecule has 6 heteroatoms. The van der Waals surface area contributed by atoms with Gasteiger partial charge in [-0.15, -0.1) is 0 Å². The minimum absolute atomic E-state index is 0.000717. The van der Waals surface area contributed by atoms with E-state index in [1.807, 2.05) is 6.07 Å². The quantitative estimate of drug-likeness (QED) is 0.832. The van der Waals surface area contributed by atoms with Crippen LogP contribution in [0.5, 0.6) is 5.75 Å². The summed E-state index contributed by atoms with van der Waals surface area (Å²) in [5.41, 5.74) is 1.37. The zero-order chi connectivity index (χ0) is 18.4. The summed E-state index contributed by atoms with van der Waals surface area (Å²) < 4.78 is 18.9. The number of hydrogen-bond acceptors (Lipinski definition) is 3. The van der Waals surface area contributed by atoms with Crippen LogP contribution in [-0.2, 0) is 17.8 Å². The number of aromatic hydroxyl groups is 1. The first-order valence-electron chi connectivity index (χ1n) is 8.77. The lowest BCUT2D eigenvalue weighted by molar-refractivity contribution is 0.0792. The van der Waals surface area contributed by atoms with E-state index in [0.717, 1.165) is 12.8 Å². The van der Waals surface area contributed by atoms with Crippen LogP contribution in [0, 0.1) is 5.82 Å². The summed E-state index contributed by atoms with van der Waals surface area (Å²) in [6.45, 7) is 1.67. The molecule has 2 amide bonds. The van der Waals surface area contributed by atoms with Crippen molar-refractivity contribution in [2.24, 2.45) is 0 Å². The first-order chi connectivity index (χ1) is 12.6. The number of amides is 2. The standard InChI is InChI=1S/C20H23FN2O3/c21-17-7-3-5-15(11-17)12-22-20(25)23(14-18-8-4-10-26-18)13-16-6-1-2-9-19(16)24/h1-3,5-7,9,11,18,24H,4,8,10,12-14H2,(H,22,25). The molecule has 0 saturated carbocycles. The molecule has 1 saturated heterocycles. The molecule has 0 bridgehead atoms. The lowest BCUT2D eigenvalue weighted by Crippen LogP contribution is -2.43. The second-order valence-electron chi connectivity index (χ2n) is 6.43. The summed E-state index contributed by atoms with van der Waals surface area (Å²) in [4.78, 5) is 14.3. The summed E-state index contributed by atoms with van der Waals surface area (Å²) in [5.74, 6) is -0.176. The molecule has 0 aliphatic carbocycles. The molecule has 1 fully saturated rings. The van der Waals surface area contributed by atoms with Crippen LogP contribution in [0.15, 0.2) is 48.5 Å². The Labute approximate surface area is 152 Å². The minimum Gasteiger partial charge on any atom is -0.508 e. The van der Waals surface area contributed by atoms with Gasteiger partial charge in [-0.25, -0.2) is 9.18 Å². The topological polar surface area (TPSA) is 61.8 Å². The van der Waals surface area contributed by atoms with Crippen molar-refractivity contribution in [3.05, 3.63) is 65.5 Å². The molecule has 2 aromatic rings. The fourth-order valence-electron chi connectivity index (χ4n) is 3.04. The Morgan fingerprint density at radius 1 is 1.27 bits per heavy atom. The second-order valence-corrected chi connectivity index (χ2v) is 6.43. The Balaban J connectivity index is 1.66. The van der Waals surface area contributed by atoms with Gasteiger partial charge in [0.25, 0.3) is 0 Å². The molecule has 1 aliphatic heterocycles. The van der Waals surface area contributed by atoms with Gasteiger partial charge in [0.15, 0.2) is 0 Å². The highest BCUT2D eigenvalue weighted by atomic mass is 19.1. The molecule has 0 radical (unpaired) electrons. The first kappa shape index (κ1) is 18.2. The number of rotatable bonds is 6. The van der Waals surface area contributed by atoms with Crippen LogP contribution in [0.3, 0.4) is 0 Å². The molecule has 2 aromatic carbocycles. The van der Waals surface area contributed by atoms with E-state index in [1.165, 1.54) is 12.1 Å². The number of hydrogen-bond donors (Lipinski definition) is 2. The number of carbonyl (C=O) groups is 1. The third-order valence-electron chi connectivity index (χ3n) is 4.42. The Hall–Kier alpha value is -2.60. The fourth-order valence-corrected chi connectivity index (χ4v) is 3.04. The molecule has 5 nitrogen and oxygen atoms in total. The zero-order valence-corrected chi connectivity index (χ0v) is 14.5. The minimum atomic E-state index is -0.331. The van der Waals surface area contributed by atoms with Crippen LogP contribution >= 0.6 is 0 Å². The maximum atomic E-state index is 13.3. The monoisotopic (exact) mass is 358 g/mol. The molecule has 26 heavy (non-hydrogen) atoms. The fraction of sp³-hybridized carbons (Fsp3) is 0.350. The number of benzene rings is 2. The molecule has 2 N–H and O–H groups in total. The maximum absolute atomic E-state index is 13.3. The van der Waals surface area contributed by atoms with E-state index in [-0.39, 0.29) is 36.8 Å². The van der Waals surface area contributed by atoms with Crippen molar-refractivity contribution in [1.29, 1.82) is 0 Å². The number of urea groups is 1. The molecule has 1 unspecified atom stereocenters. The highest BCUT2D eigenvalue weighted by molar-refractivity contribution is 5.74. The molecule has 138 valence electrons. The number of nitrogens with one attached hydrogen (secondary N) is 1. The van der Waals surface area contributed by atoms with Crippen LogP contribution in [-0.4, -0.2) is 35.3 Å². The van der Waals surface area contributed by atoms with E-state index in [0.29, 0.717) is 24.3 Å². The Bertz CT molecular complexity index is 747. The second kappa shape index (κ2) is 8.67. The highest BCUT2D eigenvalue weighted by Gasteiger charge is 2.23. The van der Waals surface area contributed by atoms with Crippen molar-refractivity contribution in [3.63, 3.8) is 0 Å². The number of halogens is 1. The molecule has 1 atom stereocenters. The van der Waals surface area contributed by atoms with Gasteiger partial charge in [-0.3, -0.25) is 0 Å². The van der Waals surface area contributed by atoms with Gasteiger partial charge < -0.3 is 20.1 Å². The zero-order valence-electron chi connectivity index (χ0n) is 14.5. The average molecular weight is 358 g/mol. The number of nitrogens with zero attached hydrogens (tertiary/aromatic N) is 1. The SMILES string of the molecule is O=C(NCc1cccc(F)c1)N(Cc1ccccc1O)CC1CCCO1. The van der Waals surface area contributed by atoms with Crippen LogP contribution in [0.4, 0.5) is 9.18 Å². The van der Waals surface area contributed by atoms with E-state index < -0.39 is 0 Å². The van der Waals surface area contributed by atoms with Crippen molar-refractivity contribution >= 4 is 6.03 Å². The first-order valence-corrected chi connectivity index (χ1v) is 8.77. The van der Waals surface area contributed by atoms with Gasteiger partial charge in [0.05, 0.1) is 12.6 Å². The van der Waals surface area contributed by atoms with Crippen molar-refractivity contribution in [1.82, 2.24) is 10.2 Å². The molecule has 3 rings (SSSR count). The molecule has 0 aromatic heterocycles. The highest BCUT2D eigenvalue weighted by Crippen LogP contribution is 2.20. The van der Waals surface area contributed by atoms with Gasteiger partial charge in [0.2, 0.25) is 0 Å². The molecule has 1 heterocycles. The van der Waals surface area contributed by atoms with Crippen LogP contribution in [0.1, 0.15) is 24.0 Å². The number of phenols is 1. The van der Waals surface area contributed by atoms with Gasteiger partial charge in [-0.05, 0) is 36.6 Å². The van der Waals surface area contributed by atoms with Gasteiger partial charge in [-0.1, -0.05) is 30.3 Å². The Kier molecular flexibility index (Phi) is 6.07. The van der Waals surface area contributed by atoms with Gasteiger partial charge >= 0.3 is 6.03 Å². The summed E-state index contributed by atoms with van der Waals surface area (Å²) in [7, 11) is 0. The van der Waals surface area contributed by atoms with Crippen LogP contribution in [0.25, 0.3) is 0 Å². The third kappa shape index (κ3) is 4.95. The van der Waals surface area contributed by atoms with Gasteiger partial charge in [0, 0.05) is 25.3 Å². The van der Waals surface area contributed by atoms with Crippen LogP contribution in [0.2, 0.25) is 0 Å². The molecular formula is C20H23FN2O3. The van der Waals surface area contributed by atoms with E-state index in [4.69, 9.17) is 4.74 Å². The average Bonchev–Trinajstić information content (AvgIpc) is 3.14. The lowest BCUT2D eigenvalue weighted by Gasteiger charge is -2.26. The Morgan fingerprint density at radius 2 is 2.12 bits per heavy atom. The largest absolute Gasteiger partial charge is 0.508 e. The smallest absolute Gasteiger partial charge is 0.318 e. The van der Waals surface area contributed by atoms with Gasteiger partial charge in [0.1, 0.15) is 11.6 Å². The maximum Gasteiger partial charge on any atom is 0.318 e. The van der Waals surface area contributed by atoms with E-state index in [1.54, 1.807) is 35.2 Å². The van der Waals surface area contributed by atoms with Crippen molar-refractivity contribution in [2.45, 2.75) is 32.0 Å². The number of phenolic OH excluding ortho intramolecular Hbond substituents is 1. The van der Waals surface area contributed by atoms with Gasteiger partial charge in [-0.2, -0.15) is 0 Å². The van der Waals surface area contributed by atoms with E-state index >= 15 is 0 Å². The number of ether oxygens (including phenoxy) is 1. The molecule has 0 spiro atoms. The summed E-state index contributed by atoms with van der Waals surface area (Å²) in [6, 6.07) is 12.8. The van der Waals surface area contributed by atoms with E-state index in [9.17, 15) is 14.3 Å². The summed E-state index contributed by atoms with van der Waals surface area (Å²) >= 11 is 0. The van der Waals surface area contributed by atoms with E-state index in [2.05, 4.69) is 5.32 Å². The number of carbonyl (C=O) groups excluding carboxylic acids is 1. The predicted molar refractivity (Wildman–Crippen MR) is 96.1 cm³/mol. The third-order valence-corrected chi connectivity index (χ3v) is 4.42. The summed E-state index contributed by atoms with van der Waals surface area (Å²) in [6.07, 6.45) is 1.90. The normalized spacial score (nSPS) is 16.4. The molecular weight excluding hydrogens is 335 g/mol. The lowest BCUT2D eigenvalue weighted by atomic mass is 10.1. The van der Waals surface area contributed by atoms with Crippen molar-refractivity contribution in [3.8, 4) is 5.75 Å². The van der Waals surface area contributed by atoms with Crippen molar-refractivity contribution in [2.75, 3.05) is 13.2 Å². The Morgan fingerprint density at radius 3 is 2.85 bits per heavy atom. The molecule has 1 aliphatic rings. The van der Waals surface area contributed by atoms with Crippen molar-refractivity contribution < 1.29 is 19.0 Å². The van der Waals surface area contributed by atoms with Crippen LogP contribution < -0.4 is 5.32 Å². The predicted octanol–water partition coefficient (Wildman–Crippen LogP) is 3.42. The summed E-state index contributed by atoms with van der Waals surface area (Å²) in [5, 5.41) is 12.8. The number of para-hydroxylation sites is 1.